The Morgan fingerprint density at radius 2 is 2.00 bits per heavy atom. The third kappa shape index (κ3) is 4.13. The summed E-state index contributed by atoms with van der Waals surface area (Å²) < 4.78 is 23.8. The summed E-state index contributed by atoms with van der Waals surface area (Å²) >= 11 is 0. The number of benzene rings is 1. The first-order valence-electron chi connectivity index (χ1n) is 6.13. The molecule has 0 saturated carbocycles. The van der Waals surface area contributed by atoms with Crippen molar-refractivity contribution < 1.29 is 8.42 Å². The van der Waals surface area contributed by atoms with Crippen LogP contribution in [0.25, 0.3) is 0 Å². The first-order valence-corrected chi connectivity index (χ1v) is 7.96. The molecule has 94 valence electrons. The Labute approximate surface area is 103 Å². The van der Waals surface area contributed by atoms with Gasteiger partial charge in [-0.2, -0.15) is 0 Å². The highest BCUT2D eigenvalue weighted by Gasteiger charge is 2.21. The topological polar surface area (TPSA) is 46.2 Å². The van der Waals surface area contributed by atoms with Crippen LogP contribution < -0.4 is 5.32 Å². The highest BCUT2D eigenvalue weighted by molar-refractivity contribution is 7.91. The molecule has 1 aromatic rings. The van der Waals surface area contributed by atoms with E-state index in [1.165, 1.54) is 0 Å². The highest BCUT2D eigenvalue weighted by atomic mass is 32.2. The molecule has 0 unspecified atom stereocenters. The fourth-order valence-corrected chi connectivity index (χ4v) is 3.82. The van der Waals surface area contributed by atoms with Crippen LogP contribution in [0.1, 0.15) is 18.4 Å². The standard InChI is InChI=1S/C13H19NO2S/c15-17(16,11-13-7-4-9-14-13)10-8-12-5-2-1-3-6-12/h1-3,5-6,13-14H,4,7-11H2/t13-/m0/s1. The van der Waals surface area contributed by atoms with E-state index >= 15 is 0 Å². The van der Waals surface area contributed by atoms with E-state index in [9.17, 15) is 8.42 Å². The summed E-state index contributed by atoms with van der Waals surface area (Å²) in [5.74, 6) is 0.551. The predicted molar refractivity (Wildman–Crippen MR) is 69.8 cm³/mol. The molecule has 1 aliphatic rings. The zero-order chi connectivity index (χ0) is 12.1. The molecule has 0 spiro atoms. The minimum atomic E-state index is -2.93. The van der Waals surface area contributed by atoms with Crippen LogP contribution in [0.4, 0.5) is 0 Å². The molecule has 1 saturated heterocycles. The van der Waals surface area contributed by atoms with Gasteiger partial charge >= 0.3 is 0 Å². The molecule has 0 aromatic heterocycles. The zero-order valence-electron chi connectivity index (χ0n) is 9.93. The molecule has 17 heavy (non-hydrogen) atoms. The Bertz CT molecular complexity index is 436. The van der Waals surface area contributed by atoms with Crippen molar-refractivity contribution in [2.75, 3.05) is 18.1 Å². The van der Waals surface area contributed by atoms with Gasteiger partial charge in [-0.15, -0.1) is 0 Å². The molecule has 1 atom stereocenters. The number of hydrogen-bond donors (Lipinski definition) is 1. The van der Waals surface area contributed by atoms with Gasteiger partial charge in [0.25, 0.3) is 0 Å². The van der Waals surface area contributed by atoms with Crippen LogP contribution in [0.2, 0.25) is 0 Å². The molecule has 1 aromatic carbocycles. The van der Waals surface area contributed by atoms with Crippen molar-refractivity contribution in [3.05, 3.63) is 35.9 Å². The zero-order valence-corrected chi connectivity index (χ0v) is 10.7. The van der Waals surface area contributed by atoms with Gasteiger partial charge in [0.2, 0.25) is 0 Å². The van der Waals surface area contributed by atoms with E-state index < -0.39 is 9.84 Å². The van der Waals surface area contributed by atoms with Gasteiger partial charge in [-0.1, -0.05) is 30.3 Å². The third-order valence-corrected chi connectivity index (χ3v) is 4.90. The maximum Gasteiger partial charge on any atom is 0.152 e. The van der Waals surface area contributed by atoms with E-state index in [-0.39, 0.29) is 11.8 Å². The SMILES string of the molecule is O=S(=O)(CCc1ccccc1)C[C@@H]1CCCN1. The lowest BCUT2D eigenvalue weighted by atomic mass is 10.2. The Balaban J connectivity index is 1.85. The van der Waals surface area contributed by atoms with E-state index in [1.54, 1.807) is 0 Å². The fourth-order valence-electron chi connectivity index (χ4n) is 2.21. The van der Waals surface area contributed by atoms with Crippen molar-refractivity contribution in [2.24, 2.45) is 0 Å². The number of nitrogens with one attached hydrogen (secondary N) is 1. The van der Waals surface area contributed by atoms with Crippen LogP contribution in [-0.2, 0) is 16.3 Å². The van der Waals surface area contributed by atoms with Crippen molar-refractivity contribution >= 4 is 9.84 Å². The van der Waals surface area contributed by atoms with Crippen LogP contribution in [0.5, 0.6) is 0 Å². The van der Waals surface area contributed by atoms with E-state index in [4.69, 9.17) is 0 Å². The fraction of sp³-hybridized carbons (Fsp3) is 0.538. The summed E-state index contributed by atoms with van der Waals surface area (Å²) in [6, 6.07) is 9.96. The van der Waals surface area contributed by atoms with Gasteiger partial charge in [-0.3, -0.25) is 0 Å². The quantitative estimate of drug-likeness (QED) is 0.862. The summed E-state index contributed by atoms with van der Waals surface area (Å²) in [5.41, 5.74) is 1.09. The lowest BCUT2D eigenvalue weighted by molar-refractivity contribution is 0.576. The van der Waals surface area contributed by atoms with E-state index in [0.29, 0.717) is 12.2 Å². The van der Waals surface area contributed by atoms with E-state index in [2.05, 4.69) is 5.32 Å². The molecule has 1 heterocycles. The molecule has 3 nitrogen and oxygen atoms in total. The smallest absolute Gasteiger partial charge is 0.152 e. The van der Waals surface area contributed by atoms with Crippen LogP contribution in [0.15, 0.2) is 30.3 Å². The summed E-state index contributed by atoms with van der Waals surface area (Å²) in [5, 5.41) is 3.23. The van der Waals surface area contributed by atoms with Gasteiger partial charge in [-0.25, -0.2) is 8.42 Å². The number of hydrogen-bond acceptors (Lipinski definition) is 3. The predicted octanol–water partition coefficient (Wildman–Crippen LogP) is 1.40. The first-order chi connectivity index (χ1) is 8.16. The Morgan fingerprint density at radius 1 is 1.24 bits per heavy atom. The minimum Gasteiger partial charge on any atom is -0.313 e. The van der Waals surface area contributed by atoms with Gasteiger partial charge in [0.05, 0.1) is 11.5 Å². The summed E-state index contributed by atoms with van der Waals surface area (Å²) in [6.45, 7) is 0.957. The lowest BCUT2D eigenvalue weighted by Crippen LogP contribution is -2.31. The number of rotatable bonds is 5. The number of aryl methyl sites for hydroxylation is 1. The molecule has 1 fully saturated rings. The Hall–Kier alpha value is -0.870. The minimum absolute atomic E-state index is 0.177. The maximum absolute atomic E-state index is 11.9. The summed E-state index contributed by atoms with van der Waals surface area (Å²) in [6.07, 6.45) is 2.71. The van der Waals surface area contributed by atoms with Crippen molar-refractivity contribution in [1.82, 2.24) is 5.32 Å². The van der Waals surface area contributed by atoms with Gasteiger partial charge in [0.1, 0.15) is 0 Å². The monoisotopic (exact) mass is 253 g/mol. The molecule has 2 rings (SSSR count). The normalized spacial score (nSPS) is 20.6. The van der Waals surface area contributed by atoms with Crippen molar-refractivity contribution in [3.63, 3.8) is 0 Å². The number of sulfone groups is 1. The van der Waals surface area contributed by atoms with Crippen LogP contribution in [-0.4, -0.2) is 32.5 Å². The van der Waals surface area contributed by atoms with Crippen molar-refractivity contribution in [3.8, 4) is 0 Å². The lowest BCUT2D eigenvalue weighted by Gasteiger charge is -2.10. The van der Waals surface area contributed by atoms with E-state index in [0.717, 1.165) is 24.9 Å². The second kappa shape index (κ2) is 5.65. The average Bonchev–Trinajstić information content (AvgIpc) is 2.80. The molecule has 1 N–H and O–H groups in total. The summed E-state index contributed by atoms with van der Waals surface area (Å²) in [7, 11) is -2.93. The molecule has 1 aliphatic heterocycles. The maximum atomic E-state index is 11.9. The first kappa shape index (κ1) is 12.6. The molecular formula is C13H19NO2S. The van der Waals surface area contributed by atoms with Gasteiger partial charge in [0, 0.05) is 6.04 Å². The second-order valence-electron chi connectivity index (χ2n) is 4.64. The van der Waals surface area contributed by atoms with Crippen LogP contribution >= 0.6 is 0 Å². The van der Waals surface area contributed by atoms with Gasteiger partial charge in [0.15, 0.2) is 9.84 Å². The molecule has 0 radical (unpaired) electrons. The largest absolute Gasteiger partial charge is 0.313 e. The molecule has 0 aliphatic carbocycles. The summed E-state index contributed by atoms with van der Waals surface area (Å²) in [4.78, 5) is 0. The van der Waals surface area contributed by atoms with Crippen LogP contribution in [0.3, 0.4) is 0 Å². The van der Waals surface area contributed by atoms with Crippen LogP contribution in [0, 0.1) is 0 Å². The molecule has 4 heteroatoms. The Morgan fingerprint density at radius 3 is 2.65 bits per heavy atom. The van der Waals surface area contributed by atoms with Crippen molar-refractivity contribution in [1.29, 1.82) is 0 Å². The van der Waals surface area contributed by atoms with Gasteiger partial charge in [-0.05, 0) is 31.4 Å². The molecule has 0 amide bonds. The van der Waals surface area contributed by atoms with E-state index in [1.807, 2.05) is 30.3 Å². The average molecular weight is 253 g/mol. The second-order valence-corrected chi connectivity index (χ2v) is 6.87. The molecular weight excluding hydrogens is 234 g/mol. The Kier molecular flexibility index (Phi) is 4.18. The molecule has 0 bridgehead atoms. The van der Waals surface area contributed by atoms with Crippen molar-refractivity contribution in [2.45, 2.75) is 25.3 Å². The van der Waals surface area contributed by atoms with Gasteiger partial charge < -0.3 is 5.32 Å². The third-order valence-electron chi connectivity index (χ3n) is 3.16. The highest BCUT2D eigenvalue weighted by Crippen LogP contribution is 2.09.